The van der Waals surface area contributed by atoms with Gasteiger partial charge in [-0.3, -0.25) is 9.79 Å². The Labute approximate surface area is 137 Å². The molecule has 2 rings (SSSR count). The normalized spacial score (nSPS) is 17.8. The van der Waals surface area contributed by atoms with E-state index in [1.165, 1.54) is 0 Å². The minimum absolute atomic E-state index is 0.0407. The van der Waals surface area contributed by atoms with Crippen LogP contribution in [0.2, 0.25) is 0 Å². The average Bonchev–Trinajstić information content (AvgIpc) is 3.09. The number of nitrogens with zero attached hydrogens (tertiary/aromatic N) is 1. The third-order valence-electron chi connectivity index (χ3n) is 3.76. The number of guanidine groups is 1. The Kier molecular flexibility index (Phi) is 6.87. The van der Waals surface area contributed by atoms with Crippen molar-refractivity contribution in [2.24, 2.45) is 4.99 Å². The lowest BCUT2D eigenvalue weighted by Crippen LogP contribution is -2.40. The summed E-state index contributed by atoms with van der Waals surface area (Å²) < 4.78 is 5.58. The van der Waals surface area contributed by atoms with Gasteiger partial charge in [-0.2, -0.15) is 0 Å². The number of hydrogen-bond acceptors (Lipinski definition) is 3. The summed E-state index contributed by atoms with van der Waals surface area (Å²) in [6.07, 6.45) is 2.52. The van der Waals surface area contributed by atoms with Gasteiger partial charge >= 0.3 is 0 Å². The van der Waals surface area contributed by atoms with E-state index in [1.54, 1.807) is 7.05 Å². The van der Waals surface area contributed by atoms with E-state index in [-0.39, 0.29) is 12.0 Å². The van der Waals surface area contributed by atoms with Crippen LogP contribution in [0.25, 0.3) is 0 Å². The van der Waals surface area contributed by atoms with Crippen LogP contribution in [0, 0.1) is 0 Å². The van der Waals surface area contributed by atoms with Gasteiger partial charge in [0.2, 0.25) is 0 Å². The van der Waals surface area contributed by atoms with Crippen molar-refractivity contribution in [2.45, 2.75) is 32.4 Å². The maximum absolute atomic E-state index is 11.7. The monoisotopic (exact) mass is 318 g/mol. The predicted octanol–water partition coefficient (Wildman–Crippen LogP) is 1.28. The van der Waals surface area contributed by atoms with Crippen LogP contribution in [0.5, 0.6) is 0 Å². The SMILES string of the molecule is CCNC(=O)c1ccc(CNC(=NC)NCC2CCCO2)cc1. The van der Waals surface area contributed by atoms with Crippen molar-refractivity contribution in [1.29, 1.82) is 0 Å². The largest absolute Gasteiger partial charge is 0.376 e. The third kappa shape index (κ3) is 5.56. The van der Waals surface area contributed by atoms with Crippen LogP contribution in [0.3, 0.4) is 0 Å². The highest BCUT2D eigenvalue weighted by Crippen LogP contribution is 2.10. The zero-order chi connectivity index (χ0) is 16.5. The minimum Gasteiger partial charge on any atom is -0.376 e. The number of hydrogen-bond donors (Lipinski definition) is 3. The van der Waals surface area contributed by atoms with E-state index in [0.29, 0.717) is 18.7 Å². The molecule has 23 heavy (non-hydrogen) atoms. The molecular weight excluding hydrogens is 292 g/mol. The van der Waals surface area contributed by atoms with Crippen LogP contribution in [0.4, 0.5) is 0 Å². The molecule has 0 saturated carbocycles. The van der Waals surface area contributed by atoms with Gasteiger partial charge in [-0.05, 0) is 37.5 Å². The second-order valence-corrected chi connectivity index (χ2v) is 5.50. The van der Waals surface area contributed by atoms with E-state index in [9.17, 15) is 4.79 Å². The molecule has 0 radical (unpaired) electrons. The molecule has 1 aromatic rings. The number of aliphatic imine (C=N–C) groups is 1. The van der Waals surface area contributed by atoms with Gasteiger partial charge in [0.15, 0.2) is 5.96 Å². The third-order valence-corrected chi connectivity index (χ3v) is 3.76. The number of carbonyl (C=O) groups excluding carboxylic acids is 1. The molecule has 1 aromatic carbocycles. The highest BCUT2D eigenvalue weighted by atomic mass is 16.5. The second kappa shape index (κ2) is 9.15. The van der Waals surface area contributed by atoms with E-state index in [4.69, 9.17) is 4.74 Å². The fourth-order valence-corrected chi connectivity index (χ4v) is 2.46. The van der Waals surface area contributed by atoms with E-state index < -0.39 is 0 Å². The lowest BCUT2D eigenvalue weighted by atomic mass is 10.1. The Morgan fingerprint density at radius 3 is 2.65 bits per heavy atom. The Bertz CT molecular complexity index is 522. The Morgan fingerprint density at radius 2 is 2.04 bits per heavy atom. The first-order valence-electron chi connectivity index (χ1n) is 8.16. The topological polar surface area (TPSA) is 74.8 Å². The van der Waals surface area contributed by atoms with Gasteiger partial charge in [0, 0.05) is 38.9 Å². The van der Waals surface area contributed by atoms with Crippen molar-refractivity contribution >= 4 is 11.9 Å². The number of carbonyl (C=O) groups is 1. The van der Waals surface area contributed by atoms with Crippen LogP contribution >= 0.6 is 0 Å². The highest BCUT2D eigenvalue weighted by Gasteiger charge is 2.15. The number of benzene rings is 1. The van der Waals surface area contributed by atoms with Gasteiger partial charge in [0.05, 0.1) is 6.10 Å². The summed E-state index contributed by atoms with van der Waals surface area (Å²) in [5.41, 5.74) is 1.77. The Hall–Kier alpha value is -2.08. The van der Waals surface area contributed by atoms with Crippen LogP contribution in [-0.2, 0) is 11.3 Å². The van der Waals surface area contributed by atoms with Crippen molar-refractivity contribution in [1.82, 2.24) is 16.0 Å². The number of ether oxygens (including phenoxy) is 1. The van der Waals surface area contributed by atoms with E-state index in [2.05, 4.69) is 20.9 Å². The summed E-state index contributed by atoms with van der Waals surface area (Å²) in [5.74, 6) is 0.717. The smallest absolute Gasteiger partial charge is 0.251 e. The molecule has 1 atom stereocenters. The van der Waals surface area contributed by atoms with Gasteiger partial charge in [-0.1, -0.05) is 12.1 Å². The van der Waals surface area contributed by atoms with E-state index in [1.807, 2.05) is 31.2 Å². The summed E-state index contributed by atoms with van der Waals surface area (Å²) in [6, 6.07) is 7.57. The summed E-state index contributed by atoms with van der Waals surface area (Å²) in [6.45, 7) is 4.83. The first-order valence-corrected chi connectivity index (χ1v) is 8.16. The molecule has 1 fully saturated rings. The van der Waals surface area contributed by atoms with Crippen molar-refractivity contribution in [3.8, 4) is 0 Å². The molecule has 1 heterocycles. The zero-order valence-electron chi connectivity index (χ0n) is 13.9. The molecule has 126 valence electrons. The maximum atomic E-state index is 11.7. The molecule has 3 N–H and O–H groups in total. The maximum Gasteiger partial charge on any atom is 0.251 e. The molecule has 1 aliphatic heterocycles. The number of nitrogens with one attached hydrogen (secondary N) is 3. The molecule has 0 aromatic heterocycles. The van der Waals surface area contributed by atoms with Gasteiger partial charge in [-0.15, -0.1) is 0 Å². The fourth-order valence-electron chi connectivity index (χ4n) is 2.46. The van der Waals surface area contributed by atoms with Gasteiger partial charge in [-0.25, -0.2) is 0 Å². The zero-order valence-corrected chi connectivity index (χ0v) is 13.9. The minimum atomic E-state index is -0.0407. The summed E-state index contributed by atoms with van der Waals surface area (Å²) >= 11 is 0. The lowest BCUT2D eigenvalue weighted by Gasteiger charge is -2.15. The van der Waals surface area contributed by atoms with Crippen molar-refractivity contribution in [3.05, 3.63) is 35.4 Å². The summed E-state index contributed by atoms with van der Waals surface area (Å²) in [5, 5.41) is 9.33. The average molecular weight is 318 g/mol. The number of amides is 1. The van der Waals surface area contributed by atoms with Crippen molar-refractivity contribution < 1.29 is 9.53 Å². The Morgan fingerprint density at radius 1 is 1.26 bits per heavy atom. The molecule has 1 saturated heterocycles. The van der Waals surface area contributed by atoms with Crippen LogP contribution < -0.4 is 16.0 Å². The first-order chi connectivity index (χ1) is 11.2. The molecule has 6 heteroatoms. The molecule has 0 aliphatic carbocycles. The molecule has 1 amide bonds. The van der Waals surface area contributed by atoms with Crippen molar-refractivity contribution in [2.75, 3.05) is 26.7 Å². The predicted molar refractivity (Wildman–Crippen MR) is 91.6 cm³/mol. The van der Waals surface area contributed by atoms with E-state index >= 15 is 0 Å². The lowest BCUT2D eigenvalue weighted by molar-refractivity contribution is 0.0956. The van der Waals surface area contributed by atoms with E-state index in [0.717, 1.165) is 37.5 Å². The molecule has 0 bridgehead atoms. The molecular formula is C17H26N4O2. The van der Waals surface area contributed by atoms with Gasteiger partial charge in [0.1, 0.15) is 0 Å². The molecule has 0 spiro atoms. The quantitative estimate of drug-likeness (QED) is 0.546. The van der Waals surface area contributed by atoms with Crippen LogP contribution in [0.15, 0.2) is 29.3 Å². The second-order valence-electron chi connectivity index (χ2n) is 5.50. The van der Waals surface area contributed by atoms with Gasteiger partial charge in [0.25, 0.3) is 5.91 Å². The van der Waals surface area contributed by atoms with Crippen LogP contribution in [0.1, 0.15) is 35.7 Å². The Balaban J connectivity index is 1.78. The van der Waals surface area contributed by atoms with Gasteiger partial charge < -0.3 is 20.7 Å². The molecule has 1 aliphatic rings. The summed E-state index contributed by atoms with van der Waals surface area (Å²) in [7, 11) is 1.75. The first kappa shape index (κ1) is 17.3. The highest BCUT2D eigenvalue weighted by molar-refractivity contribution is 5.94. The fraction of sp³-hybridized carbons (Fsp3) is 0.529. The molecule has 6 nitrogen and oxygen atoms in total. The number of rotatable bonds is 6. The van der Waals surface area contributed by atoms with Crippen LogP contribution in [-0.4, -0.2) is 44.7 Å². The summed E-state index contributed by atoms with van der Waals surface area (Å²) in [4.78, 5) is 15.9. The molecule has 1 unspecified atom stereocenters. The van der Waals surface area contributed by atoms with Crippen molar-refractivity contribution in [3.63, 3.8) is 0 Å². The standard InChI is InChI=1S/C17H26N4O2/c1-3-19-16(22)14-8-6-13(7-9-14)11-20-17(18-2)21-12-15-5-4-10-23-15/h6-9,15H,3-5,10-12H2,1-2H3,(H,19,22)(H2,18,20,21).